The first-order valence-electron chi connectivity index (χ1n) is 9.89. The van der Waals surface area contributed by atoms with Crippen LogP contribution < -0.4 is 10.1 Å². The van der Waals surface area contributed by atoms with Gasteiger partial charge < -0.3 is 19.9 Å². The van der Waals surface area contributed by atoms with Crippen molar-refractivity contribution in [2.45, 2.75) is 24.9 Å². The second kappa shape index (κ2) is 7.82. The smallest absolute Gasteiger partial charge is 0.266 e. The van der Waals surface area contributed by atoms with Crippen molar-refractivity contribution in [1.29, 1.82) is 0 Å². The molecule has 6 nitrogen and oxygen atoms in total. The van der Waals surface area contributed by atoms with Gasteiger partial charge in [-0.15, -0.1) is 0 Å². The van der Waals surface area contributed by atoms with E-state index in [2.05, 4.69) is 22.2 Å². The number of piperidine rings is 1. The molecule has 2 aliphatic rings. The number of benzene rings is 1. The van der Waals surface area contributed by atoms with Crippen molar-refractivity contribution in [3.8, 4) is 5.75 Å². The number of hydrogen-bond donors (Lipinski definition) is 1. The molecule has 2 aliphatic heterocycles. The molecule has 2 fully saturated rings. The van der Waals surface area contributed by atoms with Gasteiger partial charge in [0.2, 0.25) is 0 Å². The summed E-state index contributed by atoms with van der Waals surface area (Å²) in [5.74, 6) is 0.892. The molecule has 0 saturated carbocycles. The second-order valence-corrected chi connectivity index (χ2v) is 7.65. The minimum Gasteiger partial charge on any atom is -0.477 e. The summed E-state index contributed by atoms with van der Waals surface area (Å²) in [5, 5.41) is 4.39. The van der Waals surface area contributed by atoms with Gasteiger partial charge in [-0.05, 0) is 57.4 Å². The fraction of sp³-hybridized carbons (Fsp3) is 0.524. The Morgan fingerprint density at radius 1 is 1.15 bits per heavy atom. The summed E-state index contributed by atoms with van der Waals surface area (Å²) in [5.41, 5.74) is 0.162. The van der Waals surface area contributed by atoms with Gasteiger partial charge in [0.25, 0.3) is 5.91 Å². The maximum atomic E-state index is 13.5. The summed E-state index contributed by atoms with van der Waals surface area (Å²) in [6.07, 6.45) is 4.20. The molecule has 0 aliphatic carbocycles. The van der Waals surface area contributed by atoms with Crippen molar-refractivity contribution >= 4 is 16.8 Å². The van der Waals surface area contributed by atoms with Crippen LogP contribution in [0.4, 0.5) is 0 Å². The minimum atomic E-state index is -0.774. The number of carbonyl (C=O) groups excluding carboxylic acids is 1. The molecule has 1 amide bonds. The molecular formula is C21H28N4O2. The van der Waals surface area contributed by atoms with Gasteiger partial charge in [0.15, 0.2) is 5.60 Å². The number of aromatic nitrogens is 1. The second-order valence-electron chi connectivity index (χ2n) is 7.65. The van der Waals surface area contributed by atoms with Gasteiger partial charge in [0.1, 0.15) is 5.75 Å². The number of pyridine rings is 1. The Balaban J connectivity index is 1.59. The van der Waals surface area contributed by atoms with Crippen LogP contribution >= 0.6 is 0 Å². The number of ether oxygens (including phenoxy) is 1. The molecule has 3 heterocycles. The number of hydrogen-bond acceptors (Lipinski definition) is 5. The molecule has 1 aromatic heterocycles. The molecule has 0 unspecified atom stereocenters. The first-order chi connectivity index (χ1) is 13.2. The van der Waals surface area contributed by atoms with E-state index in [1.807, 2.05) is 35.2 Å². The van der Waals surface area contributed by atoms with E-state index in [1.54, 1.807) is 6.20 Å². The van der Waals surface area contributed by atoms with Crippen LogP contribution in [-0.2, 0) is 4.79 Å². The molecule has 1 N–H and O–H groups in total. The van der Waals surface area contributed by atoms with E-state index in [9.17, 15) is 4.79 Å². The number of carbonyl (C=O) groups is 1. The highest BCUT2D eigenvalue weighted by molar-refractivity contribution is 5.86. The Morgan fingerprint density at radius 2 is 2.00 bits per heavy atom. The molecule has 144 valence electrons. The zero-order valence-corrected chi connectivity index (χ0v) is 16.0. The van der Waals surface area contributed by atoms with Crippen molar-refractivity contribution in [3.05, 3.63) is 36.5 Å². The van der Waals surface area contributed by atoms with Crippen molar-refractivity contribution in [2.75, 3.05) is 46.3 Å². The molecule has 6 heteroatoms. The molecule has 2 saturated heterocycles. The predicted molar refractivity (Wildman–Crippen MR) is 106 cm³/mol. The molecule has 0 bridgehead atoms. The zero-order valence-electron chi connectivity index (χ0n) is 16.0. The number of likely N-dealkylation sites (N-methyl/N-ethyl adjacent to an activating group) is 1. The van der Waals surface area contributed by atoms with Crippen LogP contribution in [0.15, 0.2) is 36.5 Å². The number of nitrogens with zero attached hydrogens (tertiary/aromatic N) is 3. The Kier molecular flexibility index (Phi) is 5.27. The lowest BCUT2D eigenvalue weighted by atomic mass is 9.90. The summed E-state index contributed by atoms with van der Waals surface area (Å²) in [6.45, 7) is 5.14. The van der Waals surface area contributed by atoms with Crippen molar-refractivity contribution < 1.29 is 9.53 Å². The van der Waals surface area contributed by atoms with E-state index in [-0.39, 0.29) is 5.91 Å². The fourth-order valence-corrected chi connectivity index (χ4v) is 4.07. The van der Waals surface area contributed by atoms with Crippen LogP contribution in [0.5, 0.6) is 5.75 Å². The van der Waals surface area contributed by atoms with Gasteiger partial charge in [0.05, 0.1) is 5.52 Å². The largest absolute Gasteiger partial charge is 0.477 e. The average molecular weight is 368 g/mol. The normalized spacial score (nSPS) is 21.0. The summed E-state index contributed by atoms with van der Waals surface area (Å²) < 4.78 is 6.46. The van der Waals surface area contributed by atoms with E-state index in [0.717, 1.165) is 62.3 Å². The van der Waals surface area contributed by atoms with Gasteiger partial charge in [0, 0.05) is 44.1 Å². The minimum absolute atomic E-state index is 0.144. The molecule has 4 rings (SSSR count). The third-order valence-electron chi connectivity index (χ3n) is 5.70. The van der Waals surface area contributed by atoms with Crippen LogP contribution in [0.1, 0.15) is 19.3 Å². The number of amides is 1. The average Bonchev–Trinajstić information content (AvgIpc) is 2.92. The van der Waals surface area contributed by atoms with Crippen LogP contribution in [0.25, 0.3) is 10.9 Å². The third kappa shape index (κ3) is 3.92. The number of nitrogens with one attached hydrogen (secondary N) is 1. The lowest BCUT2D eigenvalue weighted by molar-refractivity contribution is -0.150. The Bertz CT molecular complexity index is 804. The molecule has 0 radical (unpaired) electrons. The van der Waals surface area contributed by atoms with Crippen LogP contribution in [0, 0.1) is 0 Å². The number of fused-ring (bicyclic) bond motifs is 1. The fourth-order valence-electron chi connectivity index (χ4n) is 4.07. The maximum Gasteiger partial charge on any atom is 0.266 e. The van der Waals surface area contributed by atoms with Gasteiger partial charge in [-0.25, -0.2) is 0 Å². The summed E-state index contributed by atoms with van der Waals surface area (Å²) in [7, 11) is 2.12. The van der Waals surface area contributed by atoms with Crippen LogP contribution in [-0.4, -0.2) is 72.6 Å². The summed E-state index contributed by atoms with van der Waals surface area (Å²) in [6, 6.07) is 9.84. The molecule has 27 heavy (non-hydrogen) atoms. The SMILES string of the molecule is CN1CCCN(C(=O)C2(Oc3ccc4ncccc4c3)CCNCC2)CC1. The molecule has 0 atom stereocenters. The Hall–Kier alpha value is -2.18. The lowest BCUT2D eigenvalue weighted by Crippen LogP contribution is -2.58. The highest BCUT2D eigenvalue weighted by Gasteiger charge is 2.44. The highest BCUT2D eigenvalue weighted by atomic mass is 16.5. The predicted octanol–water partition coefficient (Wildman–Crippen LogP) is 1.90. The van der Waals surface area contributed by atoms with Crippen molar-refractivity contribution in [2.24, 2.45) is 0 Å². The highest BCUT2D eigenvalue weighted by Crippen LogP contribution is 2.30. The first-order valence-corrected chi connectivity index (χ1v) is 9.89. The van der Waals surface area contributed by atoms with E-state index in [4.69, 9.17) is 4.74 Å². The maximum absolute atomic E-state index is 13.5. The molecule has 0 spiro atoms. The van der Waals surface area contributed by atoms with Crippen molar-refractivity contribution in [3.63, 3.8) is 0 Å². The summed E-state index contributed by atoms with van der Waals surface area (Å²) in [4.78, 5) is 22.2. The lowest BCUT2D eigenvalue weighted by Gasteiger charge is -2.40. The quantitative estimate of drug-likeness (QED) is 0.897. The molecule has 1 aromatic carbocycles. The Morgan fingerprint density at radius 3 is 2.85 bits per heavy atom. The van der Waals surface area contributed by atoms with Crippen LogP contribution in [0.3, 0.4) is 0 Å². The first kappa shape index (κ1) is 18.2. The number of rotatable bonds is 3. The zero-order chi connectivity index (χ0) is 18.7. The van der Waals surface area contributed by atoms with E-state index >= 15 is 0 Å². The Labute approximate surface area is 160 Å². The van der Waals surface area contributed by atoms with E-state index in [1.165, 1.54) is 0 Å². The standard InChI is InChI=1S/C21H28N4O2/c1-24-12-3-13-25(15-14-24)20(26)21(7-10-22-11-8-21)27-18-5-6-19-17(16-18)4-2-9-23-19/h2,4-6,9,16,22H,3,7-8,10-15H2,1H3. The third-order valence-corrected chi connectivity index (χ3v) is 5.70. The summed E-state index contributed by atoms with van der Waals surface area (Å²) >= 11 is 0. The topological polar surface area (TPSA) is 57.7 Å². The monoisotopic (exact) mass is 368 g/mol. The van der Waals surface area contributed by atoms with E-state index < -0.39 is 5.60 Å². The van der Waals surface area contributed by atoms with Gasteiger partial charge in [-0.2, -0.15) is 0 Å². The van der Waals surface area contributed by atoms with Gasteiger partial charge >= 0.3 is 0 Å². The van der Waals surface area contributed by atoms with E-state index in [0.29, 0.717) is 12.8 Å². The van der Waals surface area contributed by atoms with Gasteiger partial charge in [-0.3, -0.25) is 9.78 Å². The van der Waals surface area contributed by atoms with Crippen LogP contribution in [0.2, 0.25) is 0 Å². The molecular weight excluding hydrogens is 340 g/mol. The molecule has 2 aromatic rings. The van der Waals surface area contributed by atoms with Crippen molar-refractivity contribution in [1.82, 2.24) is 20.1 Å². The van der Waals surface area contributed by atoms with Gasteiger partial charge in [-0.1, -0.05) is 6.07 Å².